The van der Waals surface area contributed by atoms with Gasteiger partial charge in [0.2, 0.25) is 0 Å². The number of nitrogens with zero attached hydrogens (tertiary/aromatic N) is 1. The normalized spacial score (nSPS) is 13.6. The van der Waals surface area contributed by atoms with Crippen LogP contribution in [0.3, 0.4) is 0 Å². The zero-order chi connectivity index (χ0) is 42.8. The van der Waals surface area contributed by atoms with Crippen molar-refractivity contribution in [1.29, 1.82) is 0 Å². The third-order valence-electron chi connectivity index (χ3n) is 10.8. The highest BCUT2D eigenvalue weighted by Crippen LogP contribution is 2.38. The van der Waals surface area contributed by atoms with Crippen molar-refractivity contribution in [1.82, 2.24) is 0 Å². The highest BCUT2D eigenvalue weighted by Gasteiger charge is 2.21. The lowest BCUT2D eigenvalue weighted by atomic mass is 10.0. The number of esters is 2. The summed E-state index contributed by atoms with van der Waals surface area (Å²) in [5.74, 6) is -0.832. The van der Waals surface area contributed by atoms with Gasteiger partial charge in [-0.1, -0.05) is 193 Å². The van der Waals surface area contributed by atoms with Gasteiger partial charge in [0, 0.05) is 12.8 Å². The molecule has 0 saturated carbocycles. The highest BCUT2D eigenvalue weighted by atomic mass is 31.2. The zero-order valence-electron chi connectivity index (χ0n) is 38.8. The molecule has 0 saturated heterocycles. The van der Waals surface area contributed by atoms with E-state index in [4.69, 9.17) is 18.5 Å². The Bertz CT molecular complexity index is 1000. The van der Waals surface area contributed by atoms with Crippen LogP contribution in [0, 0.1) is 0 Å². The van der Waals surface area contributed by atoms with Crippen molar-refractivity contribution in [3.8, 4) is 0 Å². The van der Waals surface area contributed by atoms with Crippen LogP contribution in [0.25, 0.3) is 0 Å². The lowest BCUT2D eigenvalue weighted by Crippen LogP contribution is -2.37. The number of carbonyl (C=O) groups is 2. The maximum Gasteiger partial charge on any atom is 0.306 e. The average Bonchev–Trinajstić information content (AvgIpc) is 3.17. The summed E-state index contributed by atoms with van der Waals surface area (Å²) < 4.78 is 34.0. The molecule has 0 N–H and O–H groups in total. The SMILES string of the molecule is CCCCCC/C=C\CCCCCCCC(=O)O[C@H](COC(=O)CCCCCCCCCCCCCCCCCCCCCCC)COP(=O)([O-])OCC[N+](C)(C)C. The molecule has 0 aromatic heterocycles. The largest absolute Gasteiger partial charge is 0.756 e. The fraction of sp³-hybridized carbons (Fsp3) is 0.917. The van der Waals surface area contributed by atoms with E-state index in [9.17, 15) is 19.0 Å². The van der Waals surface area contributed by atoms with E-state index in [0.717, 1.165) is 51.4 Å². The molecule has 0 aliphatic rings. The third-order valence-corrected chi connectivity index (χ3v) is 11.7. The first-order valence-corrected chi connectivity index (χ1v) is 25.9. The Labute approximate surface area is 358 Å². The number of unbranched alkanes of at least 4 members (excludes halogenated alkanes) is 29. The number of hydrogen-bond acceptors (Lipinski definition) is 8. The van der Waals surface area contributed by atoms with Gasteiger partial charge in [-0.05, 0) is 38.5 Å². The van der Waals surface area contributed by atoms with Crippen molar-refractivity contribution >= 4 is 19.8 Å². The van der Waals surface area contributed by atoms with E-state index in [0.29, 0.717) is 17.4 Å². The molecule has 10 heteroatoms. The minimum atomic E-state index is -4.62. The number of allylic oxidation sites excluding steroid dienone is 2. The lowest BCUT2D eigenvalue weighted by Gasteiger charge is -2.28. The molecule has 58 heavy (non-hydrogen) atoms. The summed E-state index contributed by atoms with van der Waals surface area (Å²) in [6, 6.07) is 0. The van der Waals surface area contributed by atoms with Gasteiger partial charge in [-0.3, -0.25) is 14.2 Å². The van der Waals surface area contributed by atoms with Crippen molar-refractivity contribution in [3.63, 3.8) is 0 Å². The fourth-order valence-electron chi connectivity index (χ4n) is 6.95. The summed E-state index contributed by atoms with van der Waals surface area (Å²) in [6.45, 7) is 4.24. The average molecular weight is 844 g/mol. The molecule has 0 amide bonds. The second-order valence-electron chi connectivity index (χ2n) is 17.8. The molecule has 9 nitrogen and oxygen atoms in total. The van der Waals surface area contributed by atoms with E-state index >= 15 is 0 Å². The molecule has 344 valence electrons. The predicted octanol–water partition coefficient (Wildman–Crippen LogP) is 13.5. The Hall–Kier alpha value is -1.25. The molecular formula is C48H94NO8P. The number of phosphoric acid groups is 1. The molecule has 0 rings (SSSR count). The Morgan fingerprint density at radius 1 is 0.517 bits per heavy atom. The summed E-state index contributed by atoms with van der Waals surface area (Å²) in [6.07, 6.45) is 43.8. The minimum Gasteiger partial charge on any atom is -0.756 e. The Morgan fingerprint density at radius 2 is 0.879 bits per heavy atom. The number of hydrogen-bond donors (Lipinski definition) is 0. The minimum absolute atomic E-state index is 0.0292. The molecule has 0 aliphatic heterocycles. The van der Waals surface area contributed by atoms with Gasteiger partial charge >= 0.3 is 11.9 Å². The van der Waals surface area contributed by atoms with Gasteiger partial charge in [0.25, 0.3) is 7.82 Å². The number of ether oxygens (including phenoxy) is 2. The van der Waals surface area contributed by atoms with Crippen LogP contribution in [0.1, 0.15) is 232 Å². The van der Waals surface area contributed by atoms with Crippen molar-refractivity contribution < 1.29 is 42.1 Å². The highest BCUT2D eigenvalue weighted by molar-refractivity contribution is 7.45. The Kier molecular flexibility index (Phi) is 40.2. The van der Waals surface area contributed by atoms with Gasteiger partial charge in [0.05, 0.1) is 27.7 Å². The molecule has 0 aromatic carbocycles. The maximum atomic E-state index is 12.7. The first kappa shape index (κ1) is 56.8. The summed E-state index contributed by atoms with van der Waals surface area (Å²) in [5.41, 5.74) is 0. The number of quaternary nitrogens is 1. The first-order chi connectivity index (χ1) is 28.0. The van der Waals surface area contributed by atoms with E-state index in [1.165, 1.54) is 148 Å². The Balaban J connectivity index is 4.20. The van der Waals surface area contributed by atoms with E-state index in [1.54, 1.807) is 0 Å². The van der Waals surface area contributed by atoms with Crippen LogP contribution < -0.4 is 4.89 Å². The zero-order valence-corrected chi connectivity index (χ0v) is 39.7. The summed E-state index contributed by atoms with van der Waals surface area (Å²) in [4.78, 5) is 37.6. The first-order valence-electron chi connectivity index (χ1n) is 24.4. The van der Waals surface area contributed by atoms with Crippen LogP contribution in [-0.2, 0) is 32.7 Å². The summed E-state index contributed by atoms with van der Waals surface area (Å²) in [5, 5.41) is 0. The molecule has 1 unspecified atom stereocenters. The maximum absolute atomic E-state index is 12.7. The van der Waals surface area contributed by atoms with Crippen LogP contribution in [0.5, 0.6) is 0 Å². The van der Waals surface area contributed by atoms with E-state index in [2.05, 4.69) is 26.0 Å². The van der Waals surface area contributed by atoms with Gasteiger partial charge in [-0.2, -0.15) is 0 Å². The topological polar surface area (TPSA) is 111 Å². The number of likely N-dealkylation sites (N-methyl/N-ethyl adjacent to an activating group) is 1. The smallest absolute Gasteiger partial charge is 0.306 e. The Morgan fingerprint density at radius 3 is 1.29 bits per heavy atom. The second kappa shape index (κ2) is 41.1. The standard InChI is InChI=1S/C48H94NO8P/c1-6-8-10-12-14-16-18-20-21-22-23-24-25-26-27-29-30-32-34-36-38-40-47(50)54-44-46(45-56-58(52,53)55-43-42-49(3,4)5)57-48(51)41-39-37-35-33-31-28-19-17-15-13-11-9-7-2/h17,19,46H,6-16,18,20-45H2,1-5H3/b19-17-/t46-/m1/s1. The molecule has 0 fully saturated rings. The van der Waals surface area contributed by atoms with Crippen molar-refractivity contribution in [3.05, 3.63) is 12.2 Å². The molecule has 0 aromatic rings. The summed E-state index contributed by atoms with van der Waals surface area (Å²) >= 11 is 0. The van der Waals surface area contributed by atoms with Crippen LogP contribution >= 0.6 is 7.82 Å². The monoisotopic (exact) mass is 844 g/mol. The van der Waals surface area contributed by atoms with Gasteiger partial charge in [-0.25, -0.2) is 0 Å². The number of carbonyl (C=O) groups excluding carboxylic acids is 2. The number of phosphoric ester groups is 1. The fourth-order valence-corrected chi connectivity index (χ4v) is 7.67. The van der Waals surface area contributed by atoms with Gasteiger partial charge in [0.1, 0.15) is 19.8 Å². The van der Waals surface area contributed by atoms with Crippen LogP contribution in [-0.4, -0.2) is 70.0 Å². The van der Waals surface area contributed by atoms with Crippen LogP contribution in [0.15, 0.2) is 12.2 Å². The van der Waals surface area contributed by atoms with E-state index in [1.807, 2.05) is 21.1 Å². The van der Waals surface area contributed by atoms with Crippen molar-refractivity contribution in [2.24, 2.45) is 0 Å². The lowest BCUT2D eigenvalue weighted by molar-refractivity contribution is -0.870. The molecule has 0 radical (unpaired) electrons. The predicted molar refractivity (Wildman–Crippen MR) is 241 cm³/mol. The third kappa shape index (κ3) is 44.3. The van der Waals surface area contributed by atoms with Gasteiger partial charge in [-0.15, -0.1) is 0 Å². The molecule has 0 aliphatic carbocycles. The van der Waals surface area contributed by atoms with Crippen molar-refractivity contribution in [2.45, 2.75) is 238 Å². The molecule has 0 bridgehead atoms. The van der Waals surface area contributed by atoms with Crippen LogP contribution in [0.2, 0.25) is 0 Å². The van der Waals surface area contributed by atoms with Crippen LogP contribution in [0.4, 0.5) is 0 Å². The second-order valence-corrected chi connectivity index (χ2v) is 19.2. The van der Waals surface area contributed by atoms with E-state index in [-0.39, 0.29) is 32.0 Å². The summed E-state index contributed by atoms with van der Waals surface area (Å²) in [7, 11) is 1.17. The molecule has 2 atom stereocenters. The number of rotatable bonds is 45. The van der Waals surface area contributed by atoms with Gasteiger partial charge < -0.3 is 27.9 Å². The molecular weight excluding hydrogens is 750 g/mol. The quantitative estimate of drug-likeness (QED) is 0.0196. The van der Waals surface area contributed by atoms with E-state index < -0.39 is 26.5 Å². The molecule has 0 heterocycles. The van der Waals surface area contributed by atoms with Crippen molar-refractivity contribution in [2.75, 3.05) is 47.5 Å². The van der Waals surface area contributed by atoms with Gasteiger partial charge in [0.15, 0.2) is 6.10 Å². The molecule has 0 spiro atoms.